The lowest BCUT2D eigenvalue weighted by atomic mass is 9.97. The molecule has 90 valence electrons. The summed E-state index contributed by atoms with van der Waals surface area (Å²) in [6.45, 7) is 5.84. The summed E-state index contributed by atoms with van der Waals surface area (Å²) in [6.07, 6.45) is 2.82. The highest BCUT2D eigenvalue weighted by Crippen LogP contribution is 2.17. The van der Waals surface area contributed by atoms with Crippen molar-refractivity contribution >= 4 is 0 Å². The smallest absolute Gasteiger partial charge is 0.0884 e. The molecule has 16 heavy (non-hydrogen) atoms. The molecule has 1 aromatic heterocycles. The molecule has 1 unspecified atom stereocenters. The van der Waals surface area contributed by atoms with Crippen LogP contribution in [0.4, 0.5) is 0 Å². The van der Waals surface area contributed by atoms with Gasteiger partial charge in [0.2, 0.25) is 0 Å². The Hall–Kier alpha value is -0.930. The summed E-state index contributed by atoms with van der Waals surface area (Å²) in [7, 11) is 1.61. The van der Waals surface area contributed by atoms with Crippen molar-refractivity contribution in [1.29, 1.82) is 0 Å². The molecule has 0 fully saturated rings. The standard InChI is InChI=1S/C13H21NO2/c1-5-10-6-7-11(14-9-10)8-12(15)13(2,3)16-4/h6-7,9,12,15H,5,8H2,1-4H3. The van der Waals surface area contributed by atoms with Crippen LogP contribution in [0.15, 0.2) is 18.3 Å². The van der Waals surface area contributed by atoms with E-state index in [0.717, 1.165) is 12.1 Å². The maximum atomic E-state index is 9.99. The number of aliphatic hydroxyl groups is 1. The monoisotopic (exact) mass is 223 g/mol. The van der Waals surface area contributed by atoms with Crippen molar-refractivity contribution < 1.29 is 9.84 Å². The number of aryl methyl sites for hydroxylation is 1. The summed E-state index contributed by atoms with van der Waals surface area (Å²) in [4.78, 5) is 4.32. The van der Waals surface area contributed by atoms with Crippen molar-refractivity contribution in [1.82, 2.24) is 4.98 Å². The van der Waals surface area contributed by atoms with E-state index in [1.54, 1.807) is 7.11 Å². The predicted octanol–water partition coefficient (Wildman–Crippen LogP) is 1.97. The number of ether oxygens (including phenoxy) is 1. The van der Waals surface area contributed by atoms with Gasteiger partial charge in [-0.25, -0.2) is 0 Å². The van der Waals surface area contributed by atoms with Gasteiger partial charge in [0.15, 0.2) is 0 Å². The van der Waals surface area contributed by atoms with Crippen molar-refractivity contribution in [3.63, 3.8) is 0 Å². The van der Waals surface area contributed by atoms with E-state index in [2.05, 4.69) is 18.0 Å². The Labute approximate surface area is 97.5 Å². The van der Waals surface area contributed by atoms with E-state index >= 15 is 0 Å². The first kappa shape index (κ1) is 13.1. The van der Waals surface area contributed by atoms with Crippen molar-refractivity contribution in [2.24, 2.45) is 0 Å². The molecule has 0 saturated carbocycles. The fourth-order valence-corrected chi connectivity index (χ4v) is 1.36. The van der Waals surface area contributed by atoms with Gasteiger partial charge >= 0.3 is 0 Å². The highest BCUT2D eigenvalue weighted by atomic mass is 16.5. The third-order valence-electron chi connectivity index (χ3n) is 3.03. The second kappa shape index (κ2) is 5.41. The lowest BCUT2D eigenvalue weighted by Gasteiger charge is -2.28. The van der Waals surface area contributed by atoms with Gasteiger partial charge in [0.05, 0.1) is 11.7 Å². The summed E-state index contributed by atoms with van der Waals surface area (Å²) in [6, 6.07) is 4.02. The Morgan fingerprint density at radius 1 is 1.44 bits per heavy atom. The largest absolute Gasteiger partial charge is 0.390 e. The molecule has 0 amide bonds. The van der Waals surface area contributed by atoms with Gasteiger partial charge in [-0.1, -0.05) is 13.0 Å². The zero-order valence-electron chi connectivity index (χ0n) is 10.5. The normalized spacial score (nSPS) is 13.8. The van der Waals surface area contributed by atoms with Gasteiger partial charge < -0.3 is 9.84 Å². The van der Waals surface area contributed by atoms with Crippen molar-refractivity contribution in [2.75, 3.05) is 7.11 Å². The third kappa shape index (κ3) is 3.29. The molecule has 0 radical (unpaired) electrons. The first-order valence-corrected chi connectivity index (χ1v) is 5.66. The van der Waals surface area contributed by atoms with Gasteiger partial charge in [0.25, 0.3) is 0 Å². The van der Waals surface area contributed by atoms with Gasteiger partial charge in [-0.2, -0.15) is 0 Å². The van der Waals surface area contributed by atoms with Crippen LogP contribution >= 0.6 is 0 Å². The lowest BCUT2D eigenvalue weighted by molar-refractivity contribution is -0.0768. The van der Waals surface area contributed by atoms with E-state index in [1.807, 2.05) is 26.1 Å². The van der Waals surface area contributed by atoms with Gasteiger partial charge in [-0.15, -0.1) is 0 Å². The van der Waals surface area contributed by atoms with E-state index in [-0.39, 0.29) is 0 Å². The van der Waals surface area contributed by atoms with Crippen LogP contribution in [-0.4, -0.2) is 28.9 Å². The Kier molecular flexibility index (Phi) is 4.44. The van der Waals surface area contributed by atoms with Crippen LogP contribution < -0.4 is 0 Å². The number of hydrogen-bond acceptors (Lipinski definition) is 3. The molecule has 1 aromatic rings. The first-order valence-electron chi connectivity index (χ1n) is 5.66. The highest BCUT2D eigenvalue weighted by molar-refractivity contribution is 5.14. The molecule has 0 aliphatic rings. The topological polar surface area (TPSA) is 42.4 Å². The molecule has 0 bridgehead atoms. The Morgan fingerprint density at radius 3 is 2.56 bits per heavy atom. The summed E-state index contributed by atoms with van der Waals surface area (Å²) in [5, 5.41) is 9.99. The molecule has 3 heteroatoms. The van der Waals surface area contributed by atoms with E-state index < -0.39 is 11.7 Å². The van der Waals surface area contributed by atoms with Crippen LogP contribution in [-0.2, 0) is 17.6 Å². The minimum atomic E-state index is -0.544. The number of pyridine rings is 1. The molecule has 0 aliphatic heterocycles. The van der Waals surface area contributed by atoms with Crippen molar-refractivity contribution in [3.05, 3.63) is 29.6 Å². The van der Waals surface area contributed by atoms with Crippen LogP contribution in [0.1, 0.15) is 32.0 Å². The molecule has 1 N–H and O–H groups in total. The predicted molar refractivity (Wildman–Crippen MR) is 64.4 cm³/mol. The van der Waals surface area contributed by atoms with Crippen LogP contribution in [0.2, 0.25) is 0 Å². The number of aliphatic hydroxyl groups excluding tert-OH is 1. The molecular formula is C13H21NO2. The zero-order chi connectivity index (χ0) is 12.2. The van der Waals surface area contributed by atoms with Crippen LogP contribution in [0.3, 0.4) is 0 Å². The minimum Gasteiger partial charge on any atom is -0.390 e. The Bertz CT molecular complexity index is 319. The molecule has 1 rings (SSSR count). The number of nitrogens with zero attached hydrogens (tertiary/aromatic N) is 1. The van der Waals surface area contributed by atoms with Crippen LogP contribution in [0.5, 0.6) is 0 Å². The summed E-state index contributed by atoms with van der Waals surface area (Å²) >= 11 is 0. The summed E-state index contributed by atoms with van der Waals surface area (Å²) < 4.78 is 5.24. The number of aromatic nitrogens is 1. The molecule has 0 aliphatic carbocycles. The highest BCUT2D eigenvalue weighted by Gasteiger charge is 2.27. The van der Waals surface area contributed by atoms with E-state index in [1.165, 1.54) is 5.56 Å². The van der Waals surface area contributed by atoms with E-state index in [0.29, 0.717) is 6.42 Å². The van der Waals surface area contributed by atoms with E-state index in [9.17, 15) is 5.11 Å². The van der Waals surface area contributed by atoms with Gasteiger partial charge in [-0.05, 0) is 31.9 Å². The average molecular weight is 223 g/mol. The Morgan fingerprint density at radius 2 is 2.12 bits per heavy atom. The molecule has 0 aromatic carbocycles. The van der Waals surface area contributed by atoms with Crippen LogP contribution in [0, 0.1) is 0 Å². The van der Waals surface area contributed by atoms with Gasteiger partial charge in [0.1, 0.15) is 0 Å². The molecule has 3 nitrogen and oxygen atoms in total. The maximum Gasteiger partial charge on any atom is 0.0884 e. The SMILES string of the molecule is CCc1ccc(CC(O)C(C)(C)OC)nc1. The molecule has 1 atom stereocenters. The van der Waals surface area contributed by atoms with Gasteiger partial charge in [0, 0.05) is 25.4 Å². The summed E-state index contributed by atoms with van der Waals surface area (Å²) in [5.74, 6) is 0. The fraction of sp³-hybridized carbons (Fsp3) is 0.615. The fourth-order valence-electron chi connectivity index (χ4n) is 1.36. The second-order valence-electron chi connectivity index (χ2n) is 4.54. The molecule has 0 spiro atoms. The average Bonchev–Trinajstić information content (AvgIpc) is 2.30. The van der Waals surface area contributed by atoms with Crippen molar-refractivity contribution in [3.8, 4) is 0 Å². The van der Waals surface area contributed by atoms with Crippen LogP contribution in [0.25, 0.3) is 0 Å². The third-order valence-corrected chi connectivity index (χ3v) is 3.03. The lowest BCUT2D eigenvalue weighted by Crippen LogP contribution is -2.39. The van der Waals surface area contributed by atoms with Gasteiger partial charge in [-0.3, -0.25) is 4.98 Å². The molecule has 1 heterocycles. The number of rotatable bonds is 5. The number of methoxy groups -OCH3 is 1. The Balaban J connectivity index is 2.66. The van der Waals surface area contributed by atoms with E-state index in [4.69, 9.17) is 4.74 Å². The first-order chi connectivity index (χ1) is 7.49. The zero-order valence-corrected chi connectivity index (χ0v) is 10.5. The summed E-state index contributed by atoms with van der Waals surface area (Å²) in [5.41, 5.74) is 1.57. The number of hydrogen-bond donors (Lipinski definition) is 1. The minimum absolute atomic E-state index is 0.519. The maximum absolute atomic E-state index is 9.99. The molecular weight excluding hydrogens is 202 g/mol. The van der Waals surface area contributed by atoms with Crippen molar-refractivity contribution in [2.45, 2.75) is 45.3 Å². The second-order valence-corrected chi connectivity index (χ2v) is 4.54. The quantitative estimate of drug-likeness (QED) is 0.830. The molecule has 0 saturated heterocycles.